The maximum absolute atomic E-state index is 11.8. The summed E-state index contributed by atoms with van der Waals surface area (Å²) >= 11 is 1.90. The van der Waals surface area contributed by atoms with Crippen LogP contribution in [0.2, 0.25) is 0 Å². The van der Waals surface area contributed by atoms with Crippen LogP contribution in [0.3, 0.4) is 0 Å². The SMILES string of the molecule is CCNC(=O)c1cc(NCC(CC)(CC)SC)ccn1. The van der Waals surface area contributed by atoms with Crippen molar-refractivity contribution in [2.24, 2.45) is 0 Å². The molecule has 0 saturated heterocycles. The monoisotopic (exact) mass is 295 g/mol. The first-order chi connectivity index (χ1) is 9.60. The van der Waals surface area contributed by atoms with Gasteiger partial charge in [-0.05, 0) is 38.2 Å². The summed E-state index contributed by atoms with van der Waals surface area (Å²) in [6, 6.07) is 3.71. The average molecular weight is 295 g/mol. The predicted molar refractivity (Wildman–Crippen MR) is 87.6 cm³/mol. The first kappa shape index (κ1) is 16.8. The van der Waals surface area contributed by atoms with Gasteiger partial charge in [-0.3, -0.25) is 9.78 Å². The van der Waals surface area contributed by atoms with Crippen LogP contribution in [0.5, 0.6) is 0 Å². The molecule has 0 aliphatic heterocycles. The summed E-state index contributed by atoms with van der Waals surface area (Å²) in [4.78, 5) is 15.9. The second kappa shape index (κ2) is 8.15. The smallest absolute Gasteiger partial charge is 0.269 e. The van der Waals surface area contributed by atoms with Gasteiger partial charge in [0.15, 0.2) is 0 Å². The number of aromatic nitrogens is 1. The van der Waals surface area contributed by atoms with Gasteiger partial charge in [-0.2, -0.15) is 11.8 Å². The van der Waals surface area contributed by atoms with E-state index in [1.165, 1.54) is 0 Å². The molecule has 0 saturated carbocycles. The molecule has 1 rings (SSSR count). The van der Waals surface area contributed by atoms with Gasteiger partial charge < -0.3 is 10.6 Å². The zero-order valence-corrected chi connectivity index (χ0v) is 13.6. The van der Waals surface area contributed by atoms with E-state index in [0.29, 0.717) is 12.2 Å². The van der Waals surface area contributed by atoms with E-state index in [-0.39, 0.29) is 10.7 Å². The van der Waals surface area contributed by atoms with E-state index in [9.17, 15) is 4.79 Å². The lowest BCUT2D eigenvalue weighted by atomic mass is 10.0. The van der Waals surface area contributed by atoms with Gasteiger partial charge in [-0.15, -0.1) is 0 Å². The predicted octanol–water partition coefficient (Wildman–Crippen LogP) is 3.17. The van der Waals surface area contributed by atoms with Crippen molar-refractivity contribution in [2.75, 3.05) is 24.7 Å². The second-order valence-corrected chi connectivity index (χ2v) is 6.01. The van der Waals surface area contributed by atoms with Crippen LogP contribution in [0, 0.1) is 0 Å². The van der Waals surface area contributed by atoms with Gasteiger partial charge in [0.25, 0.3) is 5.91 Å². The summed E-state index contributed by atoms with van der Waals surface area (Å²) in [7, 11) is 0. The Bertz CT molecular complexity index is 425. The first-order valence-electron chi connectivity index (χ1n) is 7.14. The maximum Gasteiger partial charge on any atom is 0.269 e. The van der Waals surface area contributed by atoms with Crippen LogP contribution in [0.4, 0.5) is 5.69 Å². The van der Waals surface area contributed by atoms with E-state index in [1.54, 1.807) is 12.3 Å². The van der Waals surface area contributed by atoms with Gasteiger partial charge in [0.05, 0.1) is 0 Å². The molecule has 0 aliphatic rings. The standard InChI is InChI=1S/C15H25N3OS/c1-5-15(6-2,20-4)11-18-12-8-9-17-13(10-12)14(19)16-7-3/h8-10H,5-7,11H2,1-4H3,(H,16,19)(H,17,18). The normalized spacial score (nSPS) is 11.2. The Labute approximate surface area is 126 Å². The molecular weight excluding hydrogens is 270 g/mol. The van der Waals surface area contributed by atoms with Crippen molar-refractivity contribution in [2.45, 2.75) is 38.4 Å². The van der Waals surface area contributed by atoms with Gasteiger partial charge in [-0.1, -0.05) is 13.8 Å². The van der Waals surface area contributed by atoms with Crippen LogP contribution in [-0.4, -0.2) is 35.0 Å². The minimum Gasteiger partial charge on any atom is -0.384 e. The third-order valence-corrected chi connectivity index (χ3v) is 5.25. The van der Waals surface area contributed by atoms with E-state index in [1.807, 2.05) is 24.8 Å². The molecule has 0 atom stereocenters. The number of carbonyl (C=O) groups excluding carboxylic acids is 1. The lowest BCUT2D eigenvalue weighted by Crippen LogP contribution is -2.32. The Morgan fingerprint density at radius 3 is 2.60 bits per heavy atom. The Morgan fingerprint density at radius 1 is 1.35 bits per heavy atom. The van der Waals surface area contributed by atoms with Crippen molar-refractivity contribution < 1.29 is 4.79 Å². The fourth-order valence-corrected chi connectivity index (χ4v) is 2.83. The van der Waals surface area contributed by atoms with Crippen molar-refractivity contribution in [1.29, 1.82) is 0 Å². The van der Waals surface area contributed by atoms with E-state index < -0.39 is 0 Å². The number of pyridine rings is 1. The lowest BCUT2D eigenvalue weighted by molar-refractivity contribution is 0.0951. The Morgan fingerprint density at radius 2 is 2.05 bits per heavy atom. The van der Waals surface area contributed by atoms with Gasteiger partial charge in [0.2, 0.25) is 0 Å². The van der Waals surface area contributed by atoms with Crippen LogP contribution in [0.15, 0.2) is 18.3 Å². The highest BCUT2D eigenvalue weighted by atomic mass is 32.2. The number of hydrogen-bond donors (Lipinski definition) is 2. The minimum atomic E-state index is -0.127. The highest BCUT2D eigenvalue weighted by Crippen LogP contribution is 2.30. The molecule has 0 aromatic carbocycles. The molecular formula is C15H25N3OS. The molecule has 0 fully saturated rings. The number of hydrogen-bond acceptors (Lipinski definition) is 4. The second-order valence-electron chi connectivity index (χ2n) is 4.74. The summed E-state index contributed by atoms with van der Waals surface area (Å²) in [5, 5.41) is 6.20. The molecule has 0 radical (unpaired) electrons. The van der Waals surface area contributed by atoms with E-state index in [0.717, 1.165) is 25.1 Å². The molecule has 0 bridgehead atoms. The molecule has 1 aromatic rings. The molecule has 20 heavy (non-hydrogen) atoms. The van der Waals surface area contributed by atoms with Crippen LogP contribution >= 0.6 is 11.8 Å². The summed E-state index contributed by atoms with van der Waals surface area (Å²) in [6.45, 7) is 7.83. The molecule has 4 nitrogen and oxygen atoms in total. The molecule has 0 spiro atoms. The van der Waals surface area contributed by atoms with Gasteiger partial charge in [0, 0.05) is 29.7 Å². The molecule has 112 valence electrons. The first-order valence-corrected chi connectivity index (χ1v) is 8.36. The van der Waals surface area contributed by atoms with Crippen molar-refractivity contribution in [3.8, 4) is 0 Å². The zero-order valence-electron chi connectivity index (χ0n) is 12.8. The molecule has 1 aromatic heterocycles. The third-order valence-electron chi connectivity index (χ3n) is 3.67. The minimum absolute atomic E-state index is 0.127. The number of thioether (sulfide) groups is 1. The number of amides is 1. The Kier molecular flexibility index (Phi) is 6.85. The largest absolute Gasteiger partial charge is 0.384 e. The summed E-state index contributed by atoms with van der Waals surface area (Å²) in [6.07, 6.45) is 6.06. The summed E-state index contributed by atoms with van der Waals surface area (Å²) < 4.78 is 0.245. The topological polar surface area (TPSA) is 54.0 Å². The van der Waals surface area contributed by atoms with Gasteiger partial charge in [0.1, 0.15) is 5.69 Å². The average Bonchev–Trinajstić information content (AvgIpc) is 2.50. The maximum atomic E-state index is 11.8. The van der Waals surface area contributed by atoms with Crippen LogP contribution in [0.25, 0.3) is 0 Å². The molecule has 0 aliphatic carbocycles. The van der Waals surface area contributed by atoms with Crippen molar-refractivity contribution in [3.05, 3.63) is 24.0 Å². The Hall–Kier alpha value is -1.23. The van der Waals surface area contributed by atoms with E-state index in [2.05, 4.69) is 35.7 Å². The number of nitrogens with zero attached hydrogens (tertiary/aromatic N) is 1. The van der Waals surface area contributed by atoms with Crippen LogP contribution in [-0.2, 0) is 0 Å². The lowest BCUT2D eigenvalue weighted by Gasteiger charge is -2.30. The number of anilines is 1. The van der Waals surface area contributed by atoms with Crippen molar-refractivity contribution in [3.63, 3.8) is 0 Å². The van der Waals surface area contributed by atoms with Gasteiger partial charge in [-0.25, -0.2) is 0 Å². The van der Waals surface area contributed by atoms with Crippen molar-refractivity contribution in [1.82, 2.24) is 10.3 Å². The summed E-state index contributed by atoms with van der Waals surface area (Å²) in [5.41, 5.74) is 1.40. The highest BCUT2D eigenvalue weighted by molar-refractivity contribution is 8.00. The molecule has 1 amide bonds. The van der Waals surface area contributed by atoms with Gasteiger partial charge >= 0.3 is 0 Å². The molecule has 2 N–H and O–H groups in total. The number of carbonyl (C=O) groups is 1. The highest BCUT2D eigenvalue weighted by Gasteiger charge is 2.24. The molecule has 1 heterocycles. The zero-order chi connectivity index (χ0) is 15.0. The fourth-order valence-electron chi connectivity index (χ4n) is 2.04. The molecule has 0 unspecified atom stereocenters. The quantitative estimate of drug-likeness (QED) is 0.773. The Balaban J connectivity index is 2.73. The van der Waals surface area contributed by atoms with E-state index in [4.69, 9.17) is 0 Å². The number of nitrogens with one attached hydrogen (secondary N) is 2. The van der Waals surface area contributed by atoms with Crippen LogP contribution in [0.1, 0.15) is 44.1 Å². The van der Waals surface area contributed by atoms with Crippen molar-refractivity contribution >= 4 is 23.4 Å². The van der Waals surface area contributed by atoms with Crippen LogP contribution < -0.4 is 10.6 Å². The molecule has 5 heteroatoms. The van der Waals surface area contributed by atoms with E-state index >= 15 is 0 Å². The fraction of sp³-hybridized carbons (Fsp3) is 0.600. The number of rotatable bonds is 8. The third kappa shape index (κ3) is 4.40. The summed E-state index contributed by atoms with van der Waals surface area (Å²) in [5.74, 6) is -0.127.